The van der Waals surface area contributed by atoms with Gasteiger partial charge in [-0.1, -0.05) is 24.6 Å². The van der Waals surface area contributed by atoms with Crippen molar-refractivity contribution in [1.82, 2.24) is 9.21 Å². The van der Waals surface area contributed by atoms with Crippen LogP contribution in [0.15, 0.2) is 53.4 Å². The lowest BCUT2D eigenvalue weighted by Crippen LogP contribution is -2.35. The highest BCUT2D eigenvalue weighted by Crippen LogP contribution is 2.22. The summed E-state index contributed by atoms with van der Waals surface area (Å²) in [5, 5.41) is 2.81. The largest absolute Gasteiger partial charge is 0.342 e. The minimum atomic E-state index is -3.60. The van der Waals surface area contributed by atoms with E-state index in [1.165, 1.54) is 23.4 Å². The average Bonchev–Trinajstić information content (AvgIpc) is 2.74. The Kier molecular flexibility index (Phi) is 6.89. The minimum Gasteiger partial charge on any atom is -0.342 e. The average molecular weight is 430 g/mol. The lowest BCUT2D eigenvalue weighted by Gasteiger charge is -2.26. The second kappa shape index (κ2) is 9.40. The lowest BCUT2D eigenvalue weighted by atomic mass is 10.1. The van der Waals surface area contributed by atoms with Gasteiger partial charge in [-0.25, -0.2) is 8.42 Å². The Labute approximate surface area is 177 Å². The van der Waals surface area contributed by atoms with Crippen molar-refractivity contribution in [2.24, 2.45) is 0 Å². The molecular formula is C22H27N3O4S. The molecule has 2 aromatic rings. The molecule has 0 unspecified atom stereocenters. The Balaban J connectivity index is 1.75. The number of benzene rings is 2. The summed E-state index contributed by atoms with van der Waals surface area (Å²) in [7, 11) is -1.89. The molecule has 160 valence electrons. The summed E-state index contributed by atoms with van der Waals surface area (Å²) in [5.41, 5.74) is 1.74. The van der Waals surface area contributed by atoms with Gasteiger partial charge in [-0.15, -0.1) is 0 Å². The highest BCUT2D eigenvalue weighted by molar-refractivity contribution is 7.89. The van der Waals surface area contributed by atoms with Gasteiger partial charge in [0.15, 0.2) is 0 Å². The van der Waals surface area contributed by atoms with E-state index in [9.17, 15) is 18.0 Å². The Morgan fingerprint density at radius 2 is 1.73 bits per heavy atom. The van der Waals surface area contributed by atoms with Gasteiger partial charge in [-0.2, -0.15) is 4.31 Å². The summed E-state index contributed by atoms with van der Waals surface area (Å²) in [6, 6.07) is 13.4. The quantitative estimate of drug-likeness (QED) is 0.764. The Morgan fingerprint density at radius 1 is 1.03 bits per heavy atom. The number of sulfonamides is 1. The van der Waals surface area contributed by atoms with Crippen molar-refractivity contribution in [3.63, 3.8) is 0 Å². The van der Waals surface area contributed by atoms with Gasteiger partial charge in [0.05, 0.1) is 4.90 Å². The fourth-order valence-corrected chi connectivity index (χ4v) is 4.95. The molecule has 0 spiro atoms. The second-order valence-corrected chi connectivity index (χ2v) is 9.46. The number of hydrogen-bond donors (Lipinski definition) is 1. The fourth-order valence-electron chi connectivity index (χ4n) is 3.39. The predicted octanol–water partition coefficient (Wildman–Crippen LogP) is 3.09. The van der Waals surface area contributed by atoms with Crippen LogP contribution in [0.5, 0.6) is 0 Å². The smallest absolute Gasteiger partial charge is 0.255 e. The van der Waals surface area contributed by atoms with Gasteiger partial charge in [0.2, 0.25) is 15.9 Å². The van der Waals surface area contributed by atoms with E-state index < -0.39 is 10.0 Å². The van der Waals surface area contributed by atoms with E-state index in [0.29, 0.717) is 25.3 Å². The molecule has 0 aliphatic carbocycles. The predicted molar refractivity (Wildman–Crippen MR) is 116 cm³/mol. The number of piperidine rings is 1. The van der Waals surface area contributed by atoms with Crippen molar-refractivity contribution in [1.29, 1.82) is 0 Å². The number of anilines is 1. The van der Waals surface area contributed by atoms with Crippen LogP contribution in [0, 0.1) is 0 Å². The maximum atomic E-state index is 12.9. The van der Waals surface area contributed by atoms with Gasteiger partial charge in [-0.3, -0.25) is 9.59 Å². The van der Waals surface area contributed by atoms with Gasteiger partial charge >= 0.3 is 0 Å². The van der Waals surface area contributed by atoms with E-state index in [-0.39, 0.29) is 22.3 Å². The maximum absolute atomic E-state index is 12.9. The number of rotatable bonds is 6. The van der Waals surface area contributed by atoms with Gasteiger partial charge in [0, 0.05) is 44.9 Å². The van der Waals surface area contributed by atoms with Crippen LogP contribution in [-0.4, -0.2) is 49.6 Å². The summed E-state index contributed by atoms with van der Waals surface area (Å²) in [6.45, 7) is 2.96. The molecule has 1 aliphatic heterocycles. The molecule has 0 aromatic heterocycles. The third kappa shape index (κ3) is 5.25. The first-order valence-corrected chi connectivity index (χ1v) is 11.4. The van der Waals surface area contributed by atoms with Crippen LogP contribution in [0.4, 0.5) is 5.69 Å². The SMILES string of the molecule is CC(=O)N(C)Cc1cccc(NC(=O)c2cccc(S(=O)(=O)N3CCCCC3)c2)c1. The summed E-state index contributed by atoms with van der Waals surface area (Å²) in [6.07, 6.45) is 2.75. The van der Waals surface area contributed by atoms with Crippen molar-refractivity contribution >= 4 is 27.5 Å². The van der Waals surface area contributed by atoms with Crippen molar-refractivity contribution in [3.05, 3.63) is 59.7 Å². The molecule has 1 heterocycles. The molecule has 1 N–H and O–H groups in total. The van der Waals surface area contributed by atoms with E-state index in [4.69, 9.17) is 0 Å². The zero-order valence-electron chi connectivity index (χ0n) is 17.3. The molecule has 1 aliphatic rings. The Morgan fingerprint density at radius 3 is 2.43 bits per heavy atom. The molecule has 2 aromatic carbocycles. The van der Waals surface area contributed by atoms with Crippen LogP contribution in [-0.2, 0) is 21.4 Å². The van der Waals surface area contributed by atoms with Gasteiger partial charge in [-0.05, 0) is 48.7 Å². The van der Waals surface area contributed by atoms with Crippen LogP contribution in [0.25, 0.3) is 0 Å². The Bertz CT molecular complexity index is 1030. The van der Waals surface area contributed by atoms with E-state index >= 15 is 0 Å². The molecule has 3 rings (SSSR count). The van der Waals surface area contributed by atoms with Crippen molar-refractivity contribution < 1.29 is 18.0 Å². The third-order valence-electron chi connectivity index (χ3n) is 5.19. The molecular weight excluding hydrogens is 402 g/mol. The second-order valence-electron chi connectivity index (χ2n) is 7.52. The number of nitrogens with zero attached hydrogens (tertiary/aromatic N) is 2. The van der Waals surface area contributed by atoms with Crippen LogP contribution >= 0.6 is 0 Å². The van der Waals surface area contributed by atoms with E-state index in [2.05, 4.69) is 5.32 Å². The first-order valence-electron chi connectivity index (χ1n) is 9.99. The maximum Gasteiger partial charge on any atom is 0.255 e. The normalized spacial score (nSPS) is 14.9. The molecule has 0 radical (unpaired) electrons. The number of carbonyl (C=O) groups is 2. The topological polar surface area (TPSA) is 86.8 Å². The zero-order valence-corrected chi connectivity index (χ0v) is 18.1. The van der Waals surface area contributed by atoms with E-state index in [1.807, 2.05) is 6.07 Å². The third-order valence-corrected chi connectivity index (χ3v) is 7.09. The fraction of sp³-hybridized carbons (Fsp3) is 0.364. The van der Waals surface area contributed by atoms with Crippen LogP contribution < -0.4 is 5.32 Å². The summed E-state index contributed by atoms with van der Waals surface area (Å²) >= 11 is 0. The number of hydrogen-bond acceptors (Lipinski definition) is 4. The van der Waals surface area contributed by atoms with E-state index in [0.717, 1.165) is 24.8 Å². The highest BCUT2D eigenvalue weighted by Gasteiger charge is 2.26. The lowest BCUT2D eigenvalue weighted by molar-refractivity contribution is -0.128. The van der Waals surface area contributed by atoms with Gasteiger partial charge < -0.3 is 10.2 Å². The molecule has 30 heavy (non-hydrogen) atoms. The van der Waals surface area contributed by atoms with Crippen LogP contribution in [0.1, 0.15) is 42.1 Å². The van der Waals surface area contributed by atoms with Crippen molar-refractivity contribution in [2.75, 3.05) is 25.5 Å². The summed E-state index contributed by atoms with van der Waals surface area (Å²) in [5.74, 6) is -0.432. The van der Waals surface area contributed by atoms with Crippen molar-refractivity contribution in [3.8, 4) is 0 Å². The Hall–Kier alpha value is -2.71. The molecule has 0 saturated carbocycles. The summed E-state index contributed by atoms with van der Waals surface area (Å²) in [4.78, 5) is 25.9. The van der Waals surface area contributed by atoms with Crippen LogP contribution in [0.2, 0.25) is 0 Å². The monoisotopic (exact) mass is 429 g/mol. The van der Waals surface area contributed by atoms with E-state index in [1.54, 1.807) is 42.3 Å². The zero-order chi connectivity index (χ0) is 21.7. The number of nitrogens with one attached hydrogen (secondary N) is 1. The summed E-state index contributed by atoms with van der Waals surface area (Å²) < 4.78 is 27.3. The molecule has 2 amide bonds. The molecule has 8 heteroatoms. The van der Waals surface area contributed by atoms with Crippen molar-refractivity contribution in [2.45, 2.75) is 37.6 Å². The standard InChI is InChI=1S/C22H27N3O4S/c1-17(26)24(2)16-18-8-6-10-20(14-18)23-22(27)19-9-7-11-21(15-19)30(28,29)25-12-4-3-5-13-25/h6-11,14-15H,3-5,12-13,16H2,1-2H3,(H,23,27). The number of amides is 2. The molecule has 1 saturated heterocycles. The van der Waals surface area contributed by atoms with Gasteiger partial charge in [0.1, 0.15) is 0 Å². The van der Waals surface area contributed by atoms with Crippen LogP contribution in [0.3, 0.4) is 0 Å². The minimum absolute atomic E-state index is 0.0452. The molecule has 7 nitrogen and oxygen atoms in total. The number of carbonyl (C=O) groups excluding carboxylic acids is 2. The first kappa shape index (κ1) is 22.0. The molecule has 0 bridgehead atoms. The first-order chi connectivity index (χ1) is 14.3. The highest BCUT2D eigenvalue weighted by atomic mass is 32.2. The van der Waals surface area contributed by atoms with Gasteiger partial charge in [0.25, 0.3) is 5.91 Å². The molecule has 0 atom stereocenters. The molecule has 1 fully saturated rings.